The number of carboxylic acid groups (broad SMARTS) is 1. The van der Waals surface area contributed by atoms with Gasteiger partial charge in [0.2, 0.25) is 0 Å². The maximum Gasteiger partial charge on any atom is 0.306 e. The number of benzene rings is 1. The fourth-order valence-electron chi connectivity index (χ4n) is 2.37. The molecule has 1 aromatic rings. The molecule has 7 heteroatoms. The van der Waals surface area contributed by atoms with E-state index in [4.69, 9.17) is 5.11 Å². The van der Waals surface area contributed by atoms with Gasteiger partial charge in [-0.2, -0.15) is 0 Å². The SMILES string of the molecule is O=C(O)C1CCN(Cc2cc([N+](=O)[O-])ccc2Br)CC1. The summed E-state index contributed by atoms with van der Waals surface area (Å²) in [6.07, 6.45) is 1.25. The normalized spacial score (nSPS) is 17.1. The van der Waals surface area contributed by atoms with Crippen molar-refractivity contribution in [2.75, 3.05) is 13.1 Å². The molecule has 1 aliphatic rings. The average Bonchev–Trinajstić information content (AvgIpc) is 2.41. The molecule has 0 bridgehead atoms. The third kappa shape index (κ3) is 3.55. The van der Waals surface area contributed by atoms with Crippen LogP contribution in [0.5, 0.6) is 0 Å². The minimum absolute atomic E-state index is 0.0728. The lowest BCUT2D eigenvalue weighted by Crippen LogP contribution is -2.35. The second kappa shape index (κ2) is 6.32. The van der Waals surface area contributed by atoms with Gasteiger partial charge >= 0.3 is 5.97 Å². The van der Waals surface area contributed by atoms with Crippen molar-refractivity contribution in [3.05, 3.63) is 38.3 Å². The molecule has 0 spiro atoms. The first-order chi connectivity index (χ1) is 9.47. The Hall–Kier alpha value is -1.47. The molecule has 20 heavy (non-hydrogen) atoms. The number of nitro groups is 1. The number of hydrogen-bond acceptors (Lipinski definition) is 4. The molecule has 1 fully saturated rings. The number of hydrogen-bond donors (Lipinski definition) is 1. The van der Waals surface area contributed by atoms with Crippen molar-refractivity contribution >= 4 is 27.6 Å². The van der Waals surface area contributed by atoms with Gasteiger partial charge in [0.25, 0.3) is 5.69 Å². The minimum Gasteiger partial charge on any atom is -0.481 e. The lowest BCUT2D eigenvalue weighted by atomic mass is 9.97. The van der Waals surface area contributed by atoms with E-state index in [-0.39, 0.29) is 11.6 Å². The Morgan fingerprint density at radius 2 is 2.10 bits per heavy atom. The van der Waals surface area contributed by atoms with Gasteiger partial charge < -0.3 is 5.11 Å². The van der Waals surface area contributed by atoms with Crippen molar-refractivity contribution < 1.29 is 14.8 Å². The quantitative estimate of drug-likeness (QED) is 0.671. The van der Waals surface area contributed by atoms with Gasteiger partial charge in [-0.05, 0) is 37.6 Å². The molecule has 0 atom stereocenters. The van der Waals surface area contributed by atoms with Crippen LogP contribution in [0.25, 0.3) is 0 Å². The van der Waals surface area contributed by atoms with E-state index in [0.29, 0.717) is 32.5 Å². The predicted molar refractivity (Wildman–Crippen MR) is 76.4 cm³/mol. The first-order valence-electron chi connectivity index (χ1n) is 6.35. The van der Waals surface area contributed by atoms with Gasteiger partial charge in [-0.1, -0.05) is 15.9 Å². The van der Waals surface area contributed by atoms with E-state index < -0.39 is 10.9 Å². The second-order valence-corrected chi connectivity index (χ2v) is 5.78. The number of piperidine rings is 1. The largest absolute Gasteiger partial charge is 0.481 e. The zero-order valence-corrected chi connectivity index (χ0v) is 12.4. The van der Waals surface area contributed by atoms with E-state index in [1.165, 1.54) is 6.07 Å². The van der Waals surface area contributed by atoms with Gasteiger partial charge in [-0.3, -0.25) is 19.8 Å². The molecule has 1 aromatic carbocycles. The predicted octanol–water partition coefficient (Wildman–Crippen LogP) is 2.65. The van der Waals surface area contributed by atoms with Crippen molar-refractivity contribution in [2.24, 2.45) is 5.92 Å². The number of likely N-dealkylation sites (tertiary alicyclic amines) is 1. The van der Waals surface area contributed by atoms with Gasteiger partial charge in [0.05, 0.1) is 10.8 Å². The highest BCUT2D eigenvalue weighted by Gasteiger charge is 2.25. The smallest absolute Gasteiger partial charge is 0.306 e. The van der Waals surface area contributed by atoms with Crippen LogP contribution in [0.15, 0.2) is 22.7 Å². The van der Waals surface area contributed by atoms with E-state index >= 15 is 0 Å². The lowest BCUT2D eigenvalue weighted by Gasteiger charge is -2.30. The molecule has 0 aliphatic carbocycles. The molecule has 1 N–H and O–H groups in total. The molecular weight excluding hydrogens is 328 g/mol. The summed E-state index contributed by atoms with van der Waals surface area (Å²) in [5.41, 5.74) is 0.927. The van der Waals surface area contributed by atoms with Crippen LogP contribution in [-0.2, 0) is 11.3 Å². The number of rotatable bonds is 4. The zero-order valence-electron chi connectivity index (χ0n) is 10.8. The lowest BCUT2D eigenvalue weighted by molar-refractivity contribution is -0.384. The van der Waals surface area contributed by atoms with Gasteiger partial charge in [-0.15, -0.1) is 0 Å². The molecule has 108 valence electrons. The summed E-state index contributed by atoms with van der Waals surface area (Å²) in [5.74, 6) is -0.999. The summed E-state index contributed by atoms with van der Waals surface area (Å²) >= 11 is 3.40. The molecule has 1 heterocycles. The fourth-order valence-corrected chi connectivity index (χ4v) is 2.75. The number of halogens is 1. The molecule has 0 unspecified atom stereocenters. The first kappa shape index (κ1) is 14.9. The van der Waals surface area contributed by atoms with Crippen LogP contribution >= 0.6 is 15.9 Å². The highest BCUT2D eigenvalue weighted by atomic mass is 79.9. The van der Waals surface area contributed by atoms with Crippen LogP contribution in [0.1, 0.15) is 18.4 Å². The number of aliphatic carboxylic acids is 1. The number of carbonyl (C=O) groups is 1. The maximum atomic E-state index is 10.9. The Labute approximate surface area is 124 Å². The molecule has 1 saturated heterocycles. The first-order valence-corrected chi connectivity index (χ1v) is 7.14. The van der Waals surface area contributed by atoms with Gasteiger partial charge in [0, 0.05) is 23.2 Å². The van der Waals surface area contributed by atoms with Crippen molar-refractivity contribution in [1.82, 2.24) is 4.90 Å². The molecule has 0 aromatic heterocycles. The van der Waals surface area contributed by atoms with E-state index in [9.17, 15) is 14.9 Å². The maximum absolute atomic E-state index is 10.9. The van der Waals surface area contributed by atoms with Gasteiger partial charge in [-0.25, -0.2) is 0 Å². The third-order valence-corrected chi connectivity index (χ3v) is 4.34. The summed E-state index contributed by atoms with van der Waals surface area (Å²) in [6, 6.07) is 4.70. The summed E-state index contributed by atoms with van der Waals surface area (Å²) in [6.45, 7) is 1.99. The van der Waals surface area contributed by atoms with Gasteiger partial charge in [0.1, 0.15) is 0 Å². The topological polar surface area (TPSA) is 83.7 Å². The molecule has 0 amide bonds. The minimum atomic E-state index is -0.735. The number of nitro benzene ring substituents is 1. The number of non-ortho nitro benzene ring substituents is 1. The Morgan fingerprint density at radius 3 is 2.65 bits per heavy atom. The summed E-state index contributed by atoms with van der Waals surface area (Å²) in [7, 11) is 0. The van der Waals surface area contributed by atoms with Crippen LogP contribution in [0.3, 0.4) is 0 Å². The Bertz CT molecular complexity index is 527. The zero-order chi connectivity index (χ0) is 14.7. The summed E-state index contributed by atoms with van der Waals surface area (Å²) in [4.78, 5) is 23.4. The number of carboxylic acids is 1. The molecule has 1 aliphatic heterocycles. The fraction of sp³-hybridized carbons (Fsp3) is 0.462. The molecular formula is C13H15BrN2O4. The van der Waals surface area contributed by atoms with Crippen molar-refractivity contribution in [3.8, 4) is 0 Å². The average molecular weight is 343 g/mol. The van der Waals surface area contributed by atoms with Crippen molar-refractivity contribution in [3.63, 3.8) is 0 Å². The van der Waals surface area contributed by atoms with E-state index in [0.717, 1.165) is 10.0 Å². The van der Waals surface area contributed by atoms with Crippen LogP contribution in [0.4, 0.5) is 5.69 Å². The summed E-state index contributed by atoms with van der Waals surface area (Å²) in [5, 5.41) is 19.7. The highest BCUT2D eigenvalue weighted by Crippen LogP contribution is 2.26. The number of nitrogens with zero attached hydrogens (tertiary/aromatic N) is 2. The monoisotopic (exact) mass is 342 g/mol. The Kier molecular flexibility index (Phi) is 4.72. The van der Waals surface area contributed by atoms with Crippen molar-refractivity contribution in [2.45, 2.75) is 19.4 Å². The Balaban J connectivity index is 2.02. The third-order valence-electron chi connectivity index (χ3n) is 3.57. The second-order valence-electron chi connectivity index (χ2n) is 4.92. The molecule has 0 saturated carbocycles. The molecule has 6 nitrogen and oxygen atoms in total. The van der Waals surface area contributed by atoms with Gasteiger partial charge in [0.15, 0.2) is 0 Å². The van der Waals surface area contributed by atoms with E-state index in [1.807, 2.05) is 0 Å². The highest BCUT2D eigenvalue weighted by molar-refractivity contribution is 9.10. The van der Waals surface area contributed by atoms with Crippen LogP contribution in [-0.4, -0.2) is 34.0 Å². The van der Waals surface area contributed by atoms with Crippen LogP contribution in [0, 0.1) is 16.0 Å². The molecule has 2 rings (SSSR count). The van der Waals surface area contributed by atoms with Crippen molar-refractivity contribution in [1.29, 1.82) is 0 Å². The van der Waals surface area contributed by atoms with E-state index in [1.54, 1.807) is 12.1 Å². The molecule has 0 radical (unpaired) electrons. The Morgan fingerprint density at radius 1 is 1.45 bits per heavy atom. The van der Waals surface area contributed by atoms with E-state index in [2.05, 4.69) is 20.8 Å². The standard InChI is InChI=1S/C13H15BrN2O4/c14-12-2-1-11(16(19)20)7-10(12)8-15-5-3-9(4-6-15)13(17)18/h1-2,7,9H,3-6,8H2,(H,17,18). The summed E-state index contributed by atoms with van der Waals surface area (Å²) < 4.78 is 0.837. The van der Waals surface area contributed by atoms with Crippen LogP contribution < -0.4 is 0 Å². The van der Waals surface area contributed by atoms with Crippen LogP contribution in [0.2, 0.25) is 0 Å².